The van der Waals surface area contributed by atoms with Crippen molar-refractivity contribution in [3.05, 3.63) is 29.6 Å². The van der Waals surface area contributed by atoms with Crippen molar-refractivity contribution in [1.82, 2.24) is 0 Å². The smallest absolute Gasteiger partial charge is 0.194 e. The monoisotopic (exact) mass is 205 g/mol. The lowest BCUT2D eigenvalue weighted by Crippen LogP contribution is -2.15. The largest absolute Gasteiger partial charge is 0.392 e. The van der Waals surface area contributed by atoms with E-state index in [-0.39, 0.29) is 12.2 Å². The molecule has 2 N–H and O–H groups in total. The molecule has 0 saturated heterocycles. The molecule has 0 bridgehead atoms. The summed E-state index contributed by atoms with van der Waals surface area (Å²) in [6.07, 6.45) is -0.647. The maximum atomic E-state index is 12.6. The van der Waals surface area contributed by atoms with Crippen molar-refractivity contribution in [2.24, 2.45) is 0 Å². The Morgan fingerprint density at radius 2 is 1.79 bits per heavy atom. The first kappa shape index (κ1) is 10.8. The van der Waals surface area contributed by atoms with Crippen LogP contribution in [0.15, 0.2) is 12.1 Å². The van der Waals surface area contributed by atoms with Crippen molar-refractivity contribution in [2.75, 3.05) is 11.9 Å². The van der Waals surface area contributed by atoms with Crippen molar-refractivity contribution in [3.63, 3.8) is 0 Å². The first-order valence-corrected chi connectivity index (χ1v) is 4.07. The molecule has 0 spiro atoms. The average Bonchev–Trinajstić information content (AvgIpc) is 2.10. The zero-order chi connectivity index (χ0) is 10.7. The minimum atomic E-state index is -1.49. The van der Waals surface area contributed by atoms with Crippen molar-refractivity contribution in [1.29, 1.82) is 0 Å². The van der Waals surface area contributed by atoms with Gasteiger partial charge in [-0.05, 0) is 6.92 Å². The standard InChI is InChI=1S/C9H10F3NO/c1-5(14)4-13-6-2-7(10)9(12)8(11)3-6/h2-3,5,13-14H,4H2,1H3. The predicted octanol–water partition coefficient (Wildman–Crippen LogP) is 1.90. The van der Waals surface area contributed by atoms with E-state index in [1.807, 2.05) is 0 Å². The van der Waals surface area contributed by atoms with Gasteiger partial charge in [0.05, 0.1) is 6.10 Å². The summed E-state index contributed by atoms with van der Waals surface area (Å²) in [6, 6.07) is 1.67. The number of nitrogens with one attached hydrogen (secondary N) is 1. The van der Waals surface area contributed by atoms with Crippen LogP contribution < -0.4 is 5.32 Å². The molecule has 78 valence electrons. The zero-order valence-corrected chi connectivity index (χ0v) is 7.52. The zero-order valence-electron chi connectivity index (χ0n) is 7.52. The lowest BCUT2D eigenvalue weighted by Gasteiger charge is -2.08. The van der Waals surface area contributed by atoms with Crippen LogP contribution in [-0.2, 0) is 0 Å². The van der Waals surface area contributed by atoms with E-state index in [1.165, 1.54) is 6.92 Å². The molecule has 0 fully saturated rings. The fraction of sp³-hybridized carbons (Fsp3) is 0.333. The summed E-state index contributed by atoms with van der Waals surface area (Å²) in [5.74, 6) is -4.00. The second kappa shape index (κ2) is 4.32. The summed E-state index contributed by atoms with van der Waals surface area (Å²) in [6.45, 7) is 1.66. The predicted molar refractivity (Wildman–Crippen MR) is 46.5 cm³/mol. The van der Waals surface area contributed by atoms with Crippen LogP contribution in [0.1, 0.15) is 6.92 Å². The van der Waals surface area contributed by atoms with Gasteiger partial charge in [-0.3, -0.25) is 0 Å². The fourth-order valence-electron chi connectivity index (χ4n) is 0.923. The van der Waals surface area contributed by atoms with Crippen LogP contribution in [0.4, 0.5) is 18.9 Å². The van der Waals surface area contributed by atoms with Gasteiger partial charge in [0, 0.05) is 24.4 Å². The quantitative estimate of drug-likeness (QED) is 0.738. The Kier molecular flexibility index (Phi) is 3.35. The molecular weight excluding hydrogens is 195 g/mol. The van der Waals surface area contributed by atoms with Gasteiger partial charge in [-0.2, -0.15) is 0 Å². The number of benzene rings is 1. The molecule has 1 atom stereocenters. The van der Waals surface area contributed by atoms with E-state index in [0.717, 1.165) is 12.1 Å². The molecule has 2 nitrogen and oxygen atoms in total. The van der Waals surface area contributed by atoms with Gasteiger partial charge in [0.15, 0.2) is 17.5 Å². The van der Waals surface area contributed by atoms with Crippen LogP contribution in [-0.4, -0.2) is 17.8 Å². The van der Waals surface area contributed by atoms with E-state index >= 15 is 0 Å². The second-order valence-electron chi connectivity index (χ2n) is 2.98. The summed E-state index contributed by atoms with van der Waals surface area (Å²) in [5, 5.41) is 11.4. The minimum absolute atomic E-state index is 0.0994. The Labute approximate surface area is 79.4 Å². The van der Waals surface area contributed by atoms with Crippen LogP contribution in [0, 0.1) is 17.5 Å². The van der Waals surface area contributed by atoms with E-state index in [0.29, 0.717) is 0 Å². The van der Waals surface area contributed by atoms with Gasteiger partial charge in [0.1, 0.15) is 0 Å². The third-order valence-corrected chi connectivity index (χ3v) is 1.59. The molecule has 0 heterocycles. The molecule has 14 heavy (non-hydrogen) atoms. The summed E-state index contributed by atoms with van der Waals surface area (Å²) in [5.41, 5.74) is 0.0994. The Bertz CT molecular complexity index is 305. The molecular formula is C9H10F3NO. The maximum absolute atomic E-state index is 12.6. The lowest BCUT2D eigenvalue weighted by molar-refractivity contribution is 0.208. The molecule has 0 radical (unpaired) electrons. The van der Waals surface area contributed by atoms with Gasteiger partial charge < -0.3 is 10.4 Å². The van der Waals surface area contributed by atoms with Gasteiger partial charge in [0.25, 0.3) is 0 Å². The number of hydrogen-bond acceptors (Lipinski definition) is 2. The molecule has 5 heteroatoms. The number of aliphatic hydroxyl groups excluding tert-OH is 1. The highest BCUT2D eigenvalue weighted by atomic mass is 19.2. The second-order valence-corrected chi connectivity index (χ2v) is 2.98. The first-order valence-electron chi connectivity index (χ1n) is 4.07. The van der Waals surface area contributed by atoms with Gasteiger partial charge in [-0.1, -0.05) is 0 Å². The molecule has 0 saturated carbocycles. The average molecular weight is 205 g/mol. The molecule has 0 aliphatic heterocycles. The highest BCUT2D eigenvalue weighted by molar-refractivity contribution is 5.44. The van der Waals surface area contributed by atoms with Gasteiger partial charge in [0.2, 0.25) is 0 Å². The molecule has 1 aromatic rings. The Hall–Kier alpha value is -1.23. The van der Waals surface area contributed by atoms with Crippen LogP contribution in [0.2, 0.25) is 0 Å². The molecule has 0 amide bonds. The minimum Gasteiger partial charge on any atom is -0.392 e. The van der Waals surface area contributed by atoms with Crippen molar-refractivity contribution in [2.45, 2.75) is 13.0 Å². The molecule has 0 aromatic heterocycles. The Balaban J connectivity index is 2.79. The summed E-state index contributed by atoms with van der Waals surface area (Å²) in [4.78, 5) is 0. The number of rotatable bonds is 3. The van der Waals surface area contributed by atoms with E-state index in [1.54, 1.807) is 0 Å². The highest BCUT2D eigenvalue weighted by Crippen LogP contribution is 2.17. The van der Waals surface area contributed by atoms with Crippen LogP contribution in [0.5, 0.6) is 0 Å². The van der Waals surface area contributed by atoms with Crippen molar-refractivity contribution < 1.29 is 18.3 Å². The number of aliphatic hydroxyl groups is 1. The first-order chi connectivity index (χ1) is 6.50. The third-order valence-electron chi connectivity index (χ3n) is 1.59. The Morgan fingerprint density at radius 3 is 2.21 bits per heavy atom. The molecule has 0 aliphatic carbocycles. The molecule has 1 aromatic carbocycles. The molecule has 1 rings (SSSR count). The fourth-order valence-corrected chi connectivity index (χ4v) is 0.923. The van der Waals surface area contributed by atoms with Crippen molar-refractivity contribution >= 4 is 5.69 Å². The van der Waals surface area contributed by atoms with Crippen LogP contribution >= 0.6 is 0 Å². The van der Waals surface area contributed by atoms with E-state index in [4.69, 9.17) is 5.11 Å². The van der Waals surface area contributed by atoms with E-state index < -0.39 is 23.6 Å². The molecule has 0 aliphatic rings. The normalized spacial score (nSPS) is 12.6. The summed E-state index contributed by atoms with van der Waals surface area (Å²) < 4.78 is 37.8. The summed E-state index contributed by atoms with van der Waals surface area (Å²) in [7, 11) is 0. The topological polar surface area (TPSA) is 32.3 Å². The van der Waals surface area contributed by atoms with Gasteiger partial charge in [-0.25, -0.2) is 13.2 Å². The van der Waals surface area contributed by atoms with Crippen molar-refractivity contribution in [3.8, 4) is 0 Å². The Morgan fingerprint density at radius 1 is 1.29 bits per heavy atom. The third kappa shape index (κ3) is 2.63. The molecule has 1 unspecified atom stereocenters. The van der Waals surface area contributed by atoms with Gasteiger partial charge in [-0.15, -0.1) is 0 Å². The number of anilines is 1. The lowest BCUT2D eigenvalue weighted by atomic mass is 10.2. The summed E-state index contributed by atoms with van der Waals surface area (Å²) >= 11 is 0. The number of hydrogen-bond donors (Lipinski definition) is 2. The van der Waals surface area contributed by atoms with Crippen LogP contribution in [0.25, 0.3) is 0 Å². The SMILES string of the molecule is CC(O)CNc1cc(F)c(F)c(F)c1. The maximum Gasteiger partial charge on any atom is 0.194 e. The van der Waals surface area contributed by atoms with E-state index in [2.05, 4.69) is 5.32 Å². The van der Waals surface area contributed by atoms with Gasteiger partial charge >= 0.3 is 0 Å². The van der Waals surface area contributed by atoms with E-state index in [9.17, 15) is 13.2 Å². The van der Waals surface area contributed by atoms with Crippen LogP contribution in [0.3, 0.4) is 0 Å². The highest BCUT2D eigenvalue weighted by Gasteiger charge is 2.10. The number of halogens is 3.